The van der Waals surface area contributed by atoms with Gasteiger partial charge in [0.1, 0.15) is 11.6 Å². The Kier molecular flexibility index (Phi) is 5.24. The molecule has 1 heterocycles. The number of nitrogens with zero attached hydrogens (tertiary/aromatic N) is 2. The Morgan fingerprint density at radius 2 is 2.08 bits per heavy atom. The third-order valence-electron chi connectivity index (χ3n) is 2.98. The number of nitriles is 1. The summed E-state index contributed by atoms with van der Waals surface area (Å²) < 4.78 is 4.63. The van der Waals surface area contributed by atoms with Crippen molar-refractivity contribution in [3.8, 4) is 6.07 Å². The minimum absolute atomic E-state index is 0.0129. The fourth-order valence-electron chi connectivity index (χ4n) is 1.80. The molecule has 1 aromatic heterocycles. The molecule has 2 aromatic rings. The van der Waals surface area contributed by atoms with Gasteiger partial charge in [0, 0.05) is 18.3 Å². The van der Waals surface area contributed by atoms with Crippen molar-refractivity contribution >= 4 is 23.3 Å². The molecule has 0 saturated heterocycles. The first kappa shape index (κ1) is 18.1. The van der Waals surface area contributed by atoms with Gasteiger partial charge in [-0.05, 0) is 6.07 Å². The lowest BCUT2D eigenvalue weighted by molar-refractivity contribution is -0.384. The monoisotopic (exact) mass is 359 g/mol. The van der Waals surface area contributed by atoms with Crippen molar-refractivity contribution in [1.82, 2.24) is 9.97 Å². The zero-order valence-corrected chi connectivity index (χ0v) is 12.8. The van der Waals surface area contributed by atoms with Crippen LogP contribution in [-0.2, 0) is 9.53 Å². The highest BCUT2D eigenvalue weighted by molar-refractivity contribution is 5.96. The van der Waals surface area contributed by atoms with Gasteiger partial charge in [-0.1, -0.05) is 0 Å². The normalized spacial score (nSPS) is 9.81. The molecule has 0 saturated carbocycles. The van der Waals surface area contributed by atoms with E-state index in [-0.39, 0.29) is 16.9 Å². The van der Waals surface area contributed by atoms with Gasteiger partial charge in [0.25, 0.3) is 17.2 Å². The summed E-state index contributed by atoms with van der Waals surface area (Å²) in [6.45, 7) is -0.792. The Bertz CT molecular complexity index is 1050. The first-order valence-corrected chi connectivity index (χ1v) is 6.79. The zero-order chi connectivity index (χ0) is 19.3. The zero-order valence-electron chi connectivity index (χ0n) is 12.8. The molecule has 0 bridgehead atoms. The maximum atomic E-state index is 11.8. The molecule has 0 atom stereocenters. The van der Waals surface area contributed by atoms with E-state index in [4.69, 9.17) is 5.26 Å². The van der Waals surface area contributed by atoms with Gasteiger partial charge in [-0.3, -0.25) is 24.7 Å². The molecule has 132 valence electrons. The summed E-state index contributed by atoms with van der Waals surface area (Å²) in [5.74, 6) is -1.99. The molecule has 0 fully saturated rings. The van der Waals surface area contributed by atoms with Gasteiger partial charge in [-0.2, -0.15) is 5.26 Å². The van der Waals surface area contributed by atoms with E-state index in [0.29, 0.717) is 0 Å². The van der Waals surface area contributed by atoms with Crippen LogP contribution in [-0.4, -0.2) is 33.4 Å². The highest BCUT2D eigenvalue weighted by Crippen LogP contribution is 2.21. The third kappa shape index (κ3) is 4.17. The highest BCUT2D eigenvalue weighted by atomic mass is 16.6. The summed E-state index contributed by atoms with van der Waals surface area (Å²) in [5.41, 5.74) is -2.81. The Morgan fingerprint density at radius 1 is 1.35 bits per heavy atom. The molecule has 1 amide bonds. The minimum atomic E-state index is -1.15. The molecule has 1 aromatic carbocycles. The van der Waals surface area contributed by atoms with Gasteiger partial charge < -0.3 is 15.0 Å². The number of esters is 1. The van der Waals surface area contributed by atoms with Crippen molar-refractivity contribution < 1.29 is 19.2 Å². The smallest absolute Gasteiger partial charge is 0.345 e. The number of carbonyl (C=O) groups excluding carboxylic acids is 2. The predicted molar refractivity (Wildman–Crippen MR) is 84.4 cm³/mol. The van der Waals surface area contributed by atoms with Crippen molar-refractivity contribution in [2.24, 2.45) is 0 Å². The fourth-order valence-corrected chi connectivity index (χ4v) is 1.80. The number of ether oxygens (including phenoxy) is 1. The van der Waals surface area contributed by atoms with Gasteiger partial charge in [0.2, 0.25) is 0 Å². The molecule has 2 rings (SSSR count). The van der Waals surface area contributed by atoms with Crippen LogP contribution in [0.25, 0.3) is 0 Å². The number of H-pyrrole nitrogens is 2. The van der Waals surface area contributed by atoms with Crippen LogP contribution in [0.1, 0.15) is 15.9 Å². The Hall–Kier alpha value is -4.27. The number of nitro benzene ring substituents is 1. The number of nitrogens with one attached hydrogen (secondary N) is 3. The lowest BCUT2D eigenvalue weighted by Crippen LogP contribution is -2.29. The molecule has 0 aliphatic heterocycles. The topological polar surface area (TPSA) is 188 Å². The van der Waals surface area contributed by atoms with Crippen LogP contribution in [0.5, 0.6) is 0 Å². The van der Waals surface area contributed by atoms with Crippen LogP contribution in [0.4, 0.5) is 11.4 Å². The second kappa shape index (κ2) is 7.53. The quantitative estimate of drug-likeness (QED) is 0.366. The molecule has 0 spiro atoms. The molecule has 26 heavy (non-hydrogen) atoms. The summed E-state index contributed by atoms with van der Waals surface area (Å²) in [6.07, 6.45) is 0.839. The number of hydrogen-bond acceptors (Lipinski definition) is 8. The van der Waals surface area contributed by atoms with E-state index in [1.807, 2.05) is 4.98 Å². The van der Waals surface area contributed by atoms with Crippen molar-refractivity contribution in [2.75, 3.05) is 11.9 Å². The molecule has 0 unspecified atom stereocenters. The number of carbonyl (C=O) groups is 2. The van der Waals surface area contributed by atoms with Gasteiger partial charge in [-0.15, -0.1) is 0 Å². The van der Waals surface area contributed by atoms with Crippen molar-refractivity contribution in [1.29, 1.82) is 5.26 Å². The van der Waals surface area contributed by atoms with Crippen LogP contribution in [0.2, 0.25) is 0 Å². The first-order valence-electron chi connectivity index (χ1n) is 6.79. The van der Waals surface area contributed by atoms with Crippen LogP contribution in [0.3, 0.4) is 0 Å². The van der Waals surface area contributed by atoms with Crippen molar-refractivity contribution in [3.63, 3.8) is 0 Å². The van der Waals surface area contributed by atoms with Crippen LogP contribution >= 0.6 is 0 Å². The molecule has 12 heteroatoms. The van der Waals surface area contributed by atoms with E-state index in [0.717, 1.165) is 24.4 Å². The van der Waals surface area contributed by atoms with Crippen LogP contribution in [0.15, 0.2) is 34.0 Å². The number of aromatic nitrogens is 2. The number of hydrogen-bond donors (Lipinski definition) is 3. The van der Waals surface area contributed by atoms with Gasteiger partial charge in [0.05, 0.1) is 16.2 Å². The number of benzene rings is 1. The minimum Gasteiger partial charge on any atom is -0.452 e. The number of non-ortho nitro benzene ring substituents is 1. The van der Waals surface area contributed by atoms with Crippen molar-refractivity contribution in [3.05, 3.63) is 66.5 Å². The number of rotatable bonds is 5. The lowest BCUT2D eigenvalue weighted by Gasteiger charge is -2.07. The summed E-state index contributed by atoms with van der Waals surface area (Å²) in [4.78, 5) is 59.6. The summed E-state index contributed by atoms with van der Waals surface area (Å²) in [5, 5.41) is 21.9. The number of nitro groups is 1. The lowest BCUT2D eigenvalue weighted by atomic mass is 10.1. The van der Waals surface area contributed by atoms with E-state index in [9.17, 15) is 29.3 Å². The fraction of sp³-hybridized carbons (Fsp3) is 0.0714. The standard InChI is InChI=1S/C14H9N5O7/c15-4-7-3-8(19(24)25)1-2-10(7)17-11(20)6-26-13(22)9-5-16-14(23)18-12(9)21/h1-3,5H,6H2,(H,17,20)(H2,16,18,21,23). The largest absolute Gasteiger partial charge is 0.452 e. The first-order chi connectivity index (χ1) is 12.3. The Balaban J connectivity index is 2.04. The SMILES string of the molecule is N#Cc1cc([N+](=O)[O-])ccc1NC(=O)COC(=O)c1c[nH]c(=O)[nH]c1=O. The third-order valence-corrected chi connectivity index (χ3v) is 2.98. The molecular weight excluding hydrogens is 350 g/mol. The number of amides is 1. The van der Waals surface area contributed by atoms with Gasteiger partial charge in [-0.25, -0.2) is 9.59 Å². The van der Waals surface area contributed by atoms with Crippen molar-refractivity contribution in [2.45, 2.75) is 0 Å². The van der Waals surface area contributed by atoms with Crippen LogP contribution in [0, 0.1) is 21.4 Å². The maximum Gasteiger partial charge on any atom is 0.345 e. The summed E-state index contributed by atoms with van der Waals surface area (Å²) >= 11 is 0. The Morgan fingerprint density at radius 3 is 2.69 bits per heavy atom. The second-order valence-corrected chi connectivity index (χ2v) is 4.71. The summed E-state index contributed by atoms with van der Waals surface area (Å²) in [7, 11) is 0. The van der Waals surface area contributed by atoms with Crippen LogP contribution < -0.4 is 16.6 Å². The number of aromatic amines is 2. The van der Waals surface area contributed by atoms with E-state index >= 15 is 0 Å². The molecule has 0 aliphatic carbocycles. The second-order valence-electron chi connectivity index (χ2n) is 4.71. The van der Waals surface area contributed by atoms with E-state index in [1.54, 1.807) is 6.07 Å². The maximum absolute atomic E-state index is 11.8. The molecule has 0 radical (unpaired) electrons. The predicted octanol–water partition coefficient (Wildman–Crippen LogP) is -0.361. The van der Waals surface area contributed by atoms with E-state index in [1.165, 1.54) is 0 Å². The molecule has 12 nitrogen and oxygen atoms in total. The summed E-state index contributed by atoms with van der Waals surface area (Å²) in [6, 6.07) is 4.91. The van der Waals surface area contributed by atoms with E-state index in [2.05, 4.69) is 15.0 Å². The average Bonchev–Trinajstić information content (AvgIpc) is 2.59. The van der Waals surface area contributed by atoms with Gasteiger partial charge >= 0.3 is 11.7 Å². The Labute approximate surface area is 143 Å². The molecular formula is C14H9N5O7. The highest BCUT2D eigenvalue weighted by Gasteiger charge is 2.16. The molecule has 0 aliphatic rings. The van der Waals surface area contributed by atoms with E-state index < -0.39 is 40.2 Å². The number of anilines is 1. The van der Waals surface area contributed by atoms with Gasteiger partial charge in [0.15, 0.2) is 6.61 Å². The molecule has 3 N–H and O–H groups in total. The average molecular weight is 359 g/mol.